The van der Waals surface area contributed by atoms with E-state index in [0.29, 0.717) is 11.5 Å². The Kier molecular flexibility index (Phi) is 4.25. The van der Waals surface area contributed by atoms with Crippen molar-refractivity contribution in [1.82, 2.24) is 5.32 Å². The molecule has 2 rings (SSSR count). The van der Waals surface area contributed by atoms with Crippen molar-refractivity contribution >= 4 is 11.6 Å². The normalized spacial score (nSPS) is 17.8. The van der Waals surface area contributed by atoms with Crippen LogP contribution in [0.3, 0.4) is 0 Å². The first-order chi connectivity index (χ1) is 9.04. The van der Waals surface area contributed by atoms with Crippen molar-refractivity contribution in [2.45, 2.75) is 46.1 Å². The van der Waals surface area contributed by atoms with Crippen molar-refractivity contribution in [3.8, 4) is 0 Å². The zero-order valence-electron chi connectivity index (χ0n) is 12.1. The molecule has 3 nitrogen and oxygen atoms in total. The SMILES string of the molecule is CCC1(CNC(C)c2cccc(NC(C)=O)c2)CC1. The second-order valence-electron chi connectivity index (χ2n) is 5.76. The minimum atomic E-state index is -0.0271. The zero-order chi connectivity index (χ0) is 13.9. The van der Waals surface area contributed by atoms with Crippen molar-refractivity contribution in [1.29, 1.82) is 0 Å². The topological polar surface area (TPSA) is 41.1 Å². The summed E-state index contributed by atoms with van der Waals surface area (Å²) in [6, 6.07) is 8.38. The maximum Gasteiger partial charge on any atom is 0.221 e. The Balaban J connectivity index is 1.94. The van der Waals surface area contributed by atoms with E-state index in [0.717, 1.165) is 12.2 Å². The van der Waals surface area contributed by atoms with Crippen LogP contribution in [0.25, 0.3) is 0 Å². The minimum Gasteiger partial charge on any atom is -0.326 e. The third kappa shape index (κ3) is 3.80. The van der Waals surface area contributed by atoms with E-state index < -0.39 is 0 Å². The van der Waals surface area contributed by atoms with Gasteiger partial charge in [-0.25, -0.2) is 0 Å². The number of anilines is 1. The first kappa shape index (κ1) is 14.1. The van der Waals surface area contributed by atoms with Crippen molar-refractivity contribution in [3.63, 3.8) is 0 Å². The van der Waals surface area contributed by atoms with Gasteiger partial charge in [-0.3, -0.25) is 4.79 Å². The van der Waals surface area contributed by atoms with Crippen molar-refractivity contribution in [3.05, 3.63) is 29.8 Å². The Labute approximate surface area is 115 Å². The highest BCUT2D eigenvalue weighted by molar-refractivity contribution is 5.88. The van der Waals surface area contributed by atoms with Gasteiger partial charge in [0.05, 0.1) is 0 Å². The van der Waals surface area contributed by atoms with Crippen LogP contribution in [0.4, 0.5) is 5.69 Å². The van der Waals surface area contributed by atoms with Crippen LogP contribution < -0.4 is 10.6 Å². The average Bonchev–Trinajstić information content (AvgIpc) is 3.16. The molecule has 2 N–H and O–H groups in total. The maximum atomic E-state index is 11.1. The van der Waals surface area contributed by atoms with Gasteiger partial charge in [0, 0.05) is 25.2 Å². The van der Waals surface area contributed by atoms with Gasteiger partial charge < -0.3 is 10.6 Å². The van der Waals surface area contributed by atoms with Gasteiger partial charge in [0.25, 0.3) is 0 Å². The molecule has 1 saturated carbocycles. The van der Waals surface area contributed by atoms with Crippen LogP contribution in [0.15, 0.2) is 24.3 Å². The third-order valence-corrected chi connectivity index (χ3v) is 4.20. The van der Waals surface area contributed by atoms with Gasteiger partial charge >= 0.3 is 0 Å². The Bertz CT molecular complexity index is 452. The summed E-state index contributed by atoms with van der Waals surface area (Å²) in [6.45, 7) is 7.08. The van der Waals surface area contributed by atoms with Gasteiger partial charge in [0.15, 0.2) is 0 Å². The Hall–Kier alpha value is -1.35. The van der Waals surface area contributed by atoms with Crippen molar-refractivity contribution in [2.24, 2.45) is 5.41 Å². The minimum absolute atomic E-state index is 0.0271. The summed E-state index contributed by atoms with van der Waals surface area (Å²) in [6.07, 6.45) is 3.98. The molecule has 0 spiro atoms. The summed E-state index contributed by atoms with van der Waals surface area (Å²) in [5, 5.41) is 6.45. The van der Waals surface area contributed by atoms with Crippen LogP contribution in [-0.2, 0) is 4.79 Å². The number of carbonyl (C=O) groups excluding carboxylic acids is 1. The lowest BCUT2D eigenvalue weighted by molar-refractivity contribution is -0.114. The third-order valence-electron chi connectivity index (χ3n) is 4.20. The molecule has 0 heterocycles. The van der Waals surface area contributed by atoms with Gasteiger partial charge in [-0.2, -0.15) is 0 Å². The van der Waals surface area contributed by atoms with Gasteiger partial charge in [-0.05, 0) is 49.3 Å². The summed E-state index contributed by atoms with van der Waals surface area (Å²) in [5.74, 6) is -0.0271. The predicted molar refractivity (Wildman–Crippen MR) is 79.1 cm³/mol. The molecule has 1 aromatic carbocycles. The quantitative estimate of drug-likeness (QED) is 0.822. The van der Waals surface area contributed by atoms with E-state index in [2.05, 4.69) is 30.5 Å². The number of rotatable bonds is 6. The number of hydrogen-bond acceptors (Lipinski definition) is 2. The van der Waals surface area contributed by atoms with Crippen LogP contribution in [0.1, 0.15) is 51.6 Å². The molecule has 0 radical (unpaired) electrons. The summed E-state index contributed by atoms with van der Waals surface area (Å²) < 4.78 is 0. The highest BCUT2D eigenvalue weighted by atomic mass is 16.1. The van der Waals surface area contributed by atoms with Crippen LogP contribution in [-0.4, -0.2) is 12.5 Å². The summed E-state index contributed by atoms with van der Waals surface area (Å²) in [7, 11) is 0. The molecule has 104 valence electrons. The van der Waals surface area contributed by atoms with Crippen molar-refractivity contribution < 1.29 is 4.79 Å². The fraction of sp³-hybridized carbons (Fsp3) is 0.562. The summed E-state index contributed by atoms with van der Waals surface area (Å²) >= 11 is 0. The smallest absolute Gasteiger partial charge is 0.221 e. The van der Waals surface area contributed by atoms with E-state index in [1.54, 1.807) is 0 Å². The predicted octanol–water partition coefficient (Wildman–Crippen LogP) is 3.49. The molecule has 0 aromatic heterocycles. The lowest BCUT2D eigenvalue weighted by atomic mass is 10.0. The molecule has 3 heteroatoms. The second kappa shape index (κ2) is 5.74. The van der Waals surface area contributed by atoms with Crippen LogP contribution in [0.5, 0.6) is 0 Å². The molecule has 1 aliphatic carbocycles. The van der Waals surface area contributed by atoms with Crippen molar-refractivity contribution in [2.75, 3.05) is 11.9 Å². The number of nitrogens with one attached hydrogen (secondary N) is 2. The number of benzene rings is 1. The van der Waals surface area contributed by atoms with Gasteiger partial charge in [0.1, 0.15) is 0 Å². The lowest BCUT2D eigenvalue weighted by Gasteiger charge is -2.19. The van der Waals surface area contributed by atoms with Crippen LogP contribution in [0, 0.1) is 5.41 Å². The maximum absolute atomic E-state index is 11.1. The molecule has 19 heavy (non-hydrogen) atoms. The monoisotopic (exact) mass is 260 g/mol. The molecule has 0 saturated heterocycles. The molecule has 1 atom stereocenters. The highest BCUT2D eigenvalue weighted by Gasteiger charge is 2.40. The second-order valence-corrected chi connectivity index (χ2v) is 5.76. The van der Waals surface area contributed by atoms with Gasteiger partial charge in [-0.15, -0.1) is 0 Å². The van der Waals surface area contributed by atoms with E-state index in [4.69, 9.17) is 0 Å². The molecule has 0 bridgehead atoms. The van der Waals surface area contributed by atoms with Gasteiger partial charge in [0.2, 0.25) is 5.91 Å². The standard InChI is InChI=1S/C16H24N2O/c1-4-16(8-9-16)11-17-12(2)14-6-5-7-15(10-14)18-13(3)19/h5-7,10,12,17H,4,8-9,11H2,1-3H3,(H,18,19). The molecule has 1 aromatic rings. The van der Waals surface area contributed by atoms with E-state index in [1.165, 1.54) is 31.7 Å². The highest BCUT2D eigenvalue weighted by Crippen LogP contribution is 2.48. The van der Waals surface area contributed by atoms with E-state index in [9.17, 15) is 4.79 Å². The Morgan fingerprint density at radius 1 is 1.42 bits per heavy atom. The fourth-order valence-electron chi connectivity index (χ4n) is 2.41. The first-order valence-corrected chi connectivity index (χ1v) is 7.16. The molecule has 1 unspecified atom stereocenters. The number of carbonyl (C=O) groups is 1. The van der Waals surface area contributed by atoms with E-state index in [-0.39, 0.29) is 5.91 Å². The molecule has 0 aliphatic heterocycles. The van der Waals surface area contributed by atoms with Gasteiger partial charge in [-0.1, -0.05) is 19.1 Å². The first-order valence-electron chi connectivity index (χ1n) is 7.16. The Morgan fingerprint density at radius 2 is 2.16 bits per heavy atom. The molecule has 1 amide bonds. The average molecular weight is 260 g/mol. The number of hydrogen-bond donors (Lipinski definition) is 2. The fourth-order valence-corrected chi connectivity index (χ4v) is 2.41. The molecular weight excluding hydrogens is 236 g/mol. The lowest BCUT2D eigenvalue weighted by Crippen LogP contribution is -2.26. The number of amides is 1. The van der Waals surface area contributed by atoms with E-state index in [1.807, 2.05) is 18.2 Å². The summed E-state index contributed by atoms with van der Waals surface area (Å²) in [5.41, 5.74) is 2.65. The molecule has 1 fully saturated rings. The van der Waals surface area contributed by atoms with Crippen LogP contribution >= 0.6 is 0 Å². The summed E-state index contributed by atoms with van der Waals surface area (Å²) in [4.78, 5) is 11.1. The van der Waals surface area contributed by atoms with Crippen LogP contribution in [0.2, 0.25) is 0 Å². The largest absolute Gasteiger partial charge is 0.326 e. The molecular formula is C16H24N2O. The van der Waals surface area contributed by atoms with E-state index >= 15 is 0 Å². The molecule has 1 aliphatic rings. The Morgan fingerprint density at radius 3 is 2.74 bits per heavy atom. The zero-order valence-corrected chi connectivity index (χ0v) is 12.1.